The summed E-state index contributed by atoms with van der Waals surface area (Å²) in [5.74, 6) is -0.231. The van der Waals surface area contributed by atoms with Gasteiger partial charge in [-0.1, -0.05) is 51.3 Å². The van der Waals surface area contributed by atoms with Gasteiger partial charge >= 0.3 is 0 Å². The number of halogens is 4. The van der Waals surface area contributed by atoms with Crippen LogP contribution in [0.2, 0.25) is 10.0 Å². The van der Waals surface area contributed by atoms with Crippen LogP contribution in [0.25, 0.3) is 0 Å². The molecule has 0 spiro atoms. The van der Waals surface area contributed by atoms with Crippen LogP contribution >= 0.6 is 39.1 Å². The number of benzene rings is 2. The van der Waals surface area contributed by atoms with Crippen molar-refractivity contribution in [3.63, 3.8) is 0 Å². The molecule has 0 aliphatic rings. The zero-order chi connectivity index (χ0) is 15.6. The van der Waals surface area contributed by atoms with E-state index >= 15 is 0 Å². The minimum Gasteiger partial charge on any atom is -0.304 e. The van der Waals surface area contributed by atoms with Crippen LogP contribution in [0.4, 0.5) is 4.39 Å². The highest BCUT2D eigenvalue weighted by molar-refractivity contribution is 9.10. The molecule has 0 saturated heterocycles. The van der Waals surface area contributed by atoms with E-state index in [0.717, 1.165) is 10.0 Å². The van der Waals surface area contributed by atoms with Crippen molar-refractivity contribution >= 4 is 39.1 Å². The Morgan fingerprint density at radius 1 is 1.00 bits per heavy atom. The van der Waals surface area contributed by atoms with E-state index in [0.29, 0.717) is 15.6 Å². The third-order valence-corrected chi connectivity index (χ3v) is 4.60. The number of hydrogen-bond acceptors (Lipinski definition) is 1. The highest BCUT2D eigenvalue weighted by atomic mass is 79.9. The lowest BCUT2D eigenvalue weighted by atomic mass is 10.0. The van der Waals surface area contributed by atoms with Crippen molar-refractivity contribution < 1.29 is 4.39 Å². The summed E-state index contributed by atoms with van der Waals surface area (Å²) >= 11 is 15.2. The molecule has 2 aromatic rings. The van der Waals surface area contributed by atoms with Gasteiger partial charge in [0, 0.05) is 22.1 Å². The van der Waals surface area contributed by atoms with Crippen molar-refractivity contribution in [3.05, 3.63) is 67.9 Å². The summed E-state index contributed by atoms with van der Waals surface area (Å²) in [7, 11) is 0. The lowest BCUT2D eigenvalue weighted by molar-refractivity contribution is 0.474. The van der Waals surface area contributed by atoms with E-state index in [1.54, 1.807) is 12.1 Å². The van der Waals surface area contributed by atoms with E-state index < -0.39 is 0 Å². The Morgan fingerprint density at radius 2 is 1.71 bits per heavy atom. The highest BCUT2D eigenvalue weighted by Crippen LogP contribution is 2.28. The topological polar surface area (TPSA) is 12.0 Å². The Morgan fingerprint density at radius 3 is 2.33 bits per heavy atom. The van der Waals surface area contributed by atoms with Gasteiger partial charge in [0.25, 0.3) is 0 Å². The van der Waals surface area contributed by atoms with Gasteiger partial charge in [0.05, 0.1) is 10.0 Å². The molecule has 1 nitrogen and oxygen atoms in total. The van der Waals surface area contributed by atoms with Crippen molar-refractivity contribution in [2.75, 3.05) is 0 Å². The number of hydrogen-bond donors (Lipinski definition) is 1. The summed E-state index contributed by atoms with van der Waals surface area (Å²) in [6.07, 6.45) is 0. The van der Waals surface area contributed by atoms with Gasteiger partial charge in [0.2, 0.25) is 0 Å². The van der Waals surface area contributed by atoms with Crippen LogP contribution in [0.15, 0.2) is 40.9 Å². The Hall–Kier alpha value is -0.610. The van der Waals surface area contributed by atoms with Crippen molar-refractivity contribution in [2.24, 2.45) is 0 Å². The first kappa shape index (κ1) is 16.8. The molecule has 0 aliphatic carbocycles. The smallest absolute Gasteiger partial charge is 0.129 e. The van der Waals surface area contributed by atoms with Gasteiger partial charge in [-0.15, -0.1) is 0 Å². The first-order valence-electron chi connectivity index (χ1n) is 6.54. The predicted molar refractivity (Wildman–Crippen MR) is 90.5 cm³/mol. The fraction of sp³-hybridized carbons (Fsp3) is 0.250. The second-order valence-corrected chi connectivity index (χ2v) is 6.68. The molecule has 0 saturated carbocycles. The van der Waals surface area contributed by atoms with Gasteiger partial charge < -0.3 is 5.32 Å². The van der Waals surface area contributed by atoms with E-state index in [2.05, 4.69) is 21.2 Å². The molecule has 1 N–H and O–H groups in total. The first-order valence-corrected chi connectivity index (χ1v) is 8.09. The van der Waals surface area contributed by atoms with Crippen LogP contribution in [-0.2, 0) is 0 Å². The molecular formula is C16H15BrCl2FN. The molecule has 0 aliphatic heterocycles. The van der Waals surface area contributed by atoms with Gasteiger partial charge in [0.1, 0.15) is 5.82 Å². The average molecular weight is 391 g/mol. The molecule has 0 amide bonds. The molecule has 0 bridgehead atoms. The average Bonchev–Trinajstić information content (AvgIpc) is 2.41. The zero-order valence-corrected chi connectivity index (χ0v) is 14.7. The molecule has 0 fully saturated rings. The predicted octanol–water partition coefficient (Wildman–Crippen LogP) is 6.31. The van der Waals surface area contributed by atoms with E-state index in [9.17, 15) is 4.39 Å². The maximum absolute atomic E-state index is 14.0. The molecule has 0 heterocycles. The zero-order valence-electron chi connectivity index (χ0n) is 11.6. The van der Waals surface area contributed by atoms with Gasteiger partial charge in [-0.05, 0) is 43.7 Å². The van der Waals surface area contributed by atoms with E-state index in [-0.39, 0.29) is 17.9 Å². The van der Waals surface area contributed by atoms with Gasteiger partial charge in [-0.3, -0.25) is 0 Å². The molecule has 0 radical (unpaired) electrons. The van der Waals surface area contributed by atoms with Crippen LogP contribution in [0, 0.1) is 5.82 Å². The van der Waals surface area contributed by atoms with Crippen molar-refractivity contribution in [1.29, 1.82) is 0 Å². The van der Waals surface area contributed by atoms with Crippen LogP contribution in [0.1, 0.15) is 37.1 Å². The van der Waals surface area contributed by atoms with Crippen molar-refractivity contribution in [3.8, 4) is 0 Å². The fourth-order valence-corrected chi connectivity index (χ4v) is 2.84. The second-order valence-electron chi connectivity index (χ2n) is 4.95. The second kappa shape index (κ2) is 7.10. The molecule has 112 valence electrons. The monoisotopic (exact) mass is 389 g/mol. The standard InChI is InChI=1S/C16H15BrCl2FN/c1-9(11-3-6-14(18)15(19)7-11)21-10(2)13-5-4-12(17)8-16(13)20/h3-10,21H,1-2H3. The maximum atomic E-state index is 14.0. The van der Waals surface area contributed by atoms with Crippen molar-refractivity contribution in [1.82, 2.24) is 5.32 Å². The van der Waals surface area contributed by atoms with Crippen molar-refractivity contribution in [2.45, 2.75) is 25.9 Å². The normalized spacial score (nSPS) is 14.0. The third-order valence-electron chi connectivity index (χ3n) is 3.37. The Kier molecular flexibility index (Phi) is 5.67. The highest BCUT2D eigenvalue weighted by Gasteiger charge is 2.15. The lowest BCUT2D eigenvalue weighted by Gasteiger charge is -2.21. The van der Waals surface area contributed by atoms with Crippen LogP contribution in [-0.4, -0.2) is 0 Å². The largest absolute Gasteiger partial charge is 0.304 e. The van der Waals surface area contributed by atoms with Crippen LogP contribution < -0.4 is 5.32 Å². The quantitative estimate of drug-likeness (QED) is 0.645. The Bertz CT molecular complexity index is 648. The van der Waals surface area contributed by atoms with E-state index in [4.69, 9.17) is 23.2 Å². The lowest BCUT2D eigenvalue weighted by Crippen LogP contribution is -2.23. The maximum Gasteiger partial charge on any atom is 0.129 e. The molecular weight excluding hydrogens is 376 g/mol. The summed E-state index contributed by atoms with van der Waals surface area (Å²) in [5, 5.41) is 4.41. The summed E-state index contributed by atoms with van der Waals surface area (Å²) in [6.45, 7) is 3.94. The van der Waals surface area contributed by atoms with Crippen LogP contribution in [0.3, 0.4) is 0 Å². The van der Waals surface area contributed by atoms with Gasteiger partial charge in [-0.25, -0.2) is 4.39 Å². The fourth-order valence-electron chi connectivity index (χ4n) is 2.20. The molecule has 2 aromatic carbocycles. The first-order chi connectivity index (χ1) is 9.88. The minimum atomic E-state index is -0.231. The van der Waals surface area contributed by atoms with Gasteiger partial charge in [0.15, 0.2) is 0 Å². The minimum absolute atomic E-state index is 0.0258. The summed E-state index contributed by atoms with van der Waals surface area (Å²) in [5.41, 5.74) is 1.64. The summed E-state index contributed by atoms with van der Waals surface area (Å²) in [6, 6.07) is 10.5. The summed E-state index contributed by atoms with van der Waals surface area (Å²) in [4.78, 5) is 0. The van der Waals surface area contributed by atoms with E-state index in [1.807, 2.05) is 32.0 Å². The molecule has 2 atom stereocenters. The van der Waals surface area contributed by atoms with Crippen LogP contribution in [0.5, 0.6) is 0 Å². The third kappa shape index (κ3) is 4.19. The number of nitrogens with one attached hydrogen (secondary N) is 1. The van der Waals surface area contributed by atoms with Gasteiger partial charge in [-0.2, -0.15) is 0 Å². The number of rotatable bonds is 4. The van der Waals surface area contributed by atoms with E-state index in [1.165, 1.54) is 6.07 Å². The molecule has 2 unspecified atom stereocenters. The Labute approximate surface area is 142 Å². The molecule has 21 heavy (non-hydrogen) atoms. The molecule has 0 aromatic heterocycles. The SMILES string of the molecule is CC(NC(C)c1ccc(Br)cc1F)c1ccc(Cl)c(Cl)c1. The Balaban J connectivity index is 2.14. The molecule has 5 heteroatoms. The summed E-state index contributed by atoms with van der Waals surface area (Å²) < 4.78 is 14.7. The molecule has 2 rings (SSSR count).